The summed E-state index contributed by atoms with van der Waals surface area (Å²) in [6.45, 7) is 4.13. The summed E-state index contributed by atoms with van der Waals surface area (Å²) in [7, 11) is -1.49. The van der Waals surface area contributed by atoms with Crippen molar-refractivity contribution in [3.05, 3.63) is 77.1 Å². The molecule has 2 unspecified atom stereocenters. The molecule has 3 N–H and O–H groups in total. The van der Waals surface area contributed by atoms with Gasteiger partial charge < -0.3 is 19.7 Å². The van der Waals surface area contributed by atoms with E-state index in [2.05, 4.69) is 10.0 Å². The van der Waals surface area contributed by atoms with Crippen molar-refractivity contribution in [2.75, 3.05) is 32.1 Å². The van der Waals surface area contributed by atoms with Crippen LogP contribution in [0.25, 0.3) is 0 Å². The first-order valence-electron chi connectivity index (χ1n) is 12.3. The molecule has 0 bridgehead atoms. The Balaban J connectivity index is 1.53. The van der Waals surface area contributed by atoms with Crippen molar-refractivity contribution < 1.29 is 31.8 Å². The predicted octanol–water partition coefficient (Wildman–Crippen LogP) is 3.03. The van der Waals surface area contributed by atoms with Crippen LogP contribution in [0.5, 0.6) is 5.75 Å². The number of amides is 1. The van der Waals surface area contributed by atoms with Gasteiger partial charge in [0.2, 0.25) is 10.0 Å². The molecule has 0 saturated carbocycles. The molecule has 1 fully saturated rings. The second-order valence-corrected chi connectivity index (χ2v) is 11.8. The van der Waals surface area contributed by atoms with Crippen molar-refractivity contribution in [2.45, 2.75) is 30.8 Å². The Morgan fingerprint density at radius 3 is 2.51 bits per heavy atom. The van der Waals surface area contributed by atoms with E-state index in [-0.39, 0.29) is 24.4 Å². The molecular weight excluding hydrogens is 530 g/mol. The van der Waals surface area contributed by atoms with Crippen molar-refractivity contribution >= 4 is 21.6 Å². The molecule has 2 aromatic carbocycles. The van der Waals surface area contributed by atoms with Gasteiger partial charge in [-0.1, -0.05) is 12.1 Å². The largest absolute Gasteiger partial charge is 0.497 e. The van der Waals surface area contributed by atoms with Crippen molar-refractivity contribution in [3.8, 4) is 5.75 Å². The lowest BCUT2D eigenvalue weighted by Gasteiger charge is -2.30. The summed E-state index contributed by atoms with van der Waals surface area (Å²) < 4.78 is 64.7. The highest BCUT2D eigenvalue weighted by Crippen LogP contribution is 2.32. The highest BCUT2D eigenvalue weighted by Gasteiger charge is 2.46. The third-order valence-corrected chi connectivity index (χ3v) is 8.69. The quantitative estimate of drug-likeness (QED) is 0.370. The molecule has 1 aliphatic heterocycles. The number of aromatic nitrogens is 1. The van der Waals surface area contributed by atoms with Gasteiger partial charge in [0, 0.05) is 56.6 Å². The fourth-order valence-corrected chi connectivity index (χ4v) is 6.53. The maximum absolute atomic E-state index is 15.5. The molecule has 2 heterocycles. The van der Waals surface area contributed by atoms with Gasteiger partial charge in [-0.15, -0.1) is 0 Å². The number of hydrogen-bond donors (Lipinski definition) is 3. The minimum Gasteiger partial charge on any atom is -0.497 e. The molecule has 3 aromatic rings. The Bertz CT molecular complexity index is 1480. The average Bonchev–Trinajstić information content (AvgIpc) is 3.36. The Hall–Kier alpha value is -3.32. The number of sulfonamides is 1. The molecule has 12 heteroatoms. The summed E-state index contributed by atoms with van der Waals surface area (Å²) in [5.41, 5.74) is -0.0780. The zero-order chi connectivity index (χ0) is 28.5. The summed E-state index contributed by atoms with van der Waals surface area (Å²) in [6.07, 6.45) is 1.03. The SMILES string of the molecule is COc1ccc(CN2CC(CO)C(C)(NS(=O)(=O)c3cn(C)c(C(=O)Nc4ccc(F)c(C)c4)c3F)C2)cc1. The van der Waals surface area contributed by atoms with Crippen LogP contribution in [-0.2, 0) is 23.6 Å². The Labute approximate surface area is 226 Å². The van der Waals surface area contributed by atoms with Gasteiger partial charge in [0.25, 0.3) is 5.91 Å². The number of anilines is 1. The first-order valence-corrected chi connectivity index (χ1v) is 13.8. The van der Waals surface area contributed by atoms with Crippen LogP contribution in [0, 0.1) is 24.5 Å². The molecule has 1 aliphatic rings. The molecule has 1 aromatic heterocycles. The number of hydrogen-bond acceptors (Lipinski definition) is 6. The van der Waals surface area contributed by atoms with Crippen LogP contribution >= 0.6 is 0 Å². The second kappa shape index (κ2) is 11.0. The van der Waals surface area contributed by atoms with E-state index >= 15 is 4.39 Å². The number of aryl methyl sites for hydroxylation is 2. The number of rotatable bonds is 9. The molecule has 210 valence electrons. The number of aliphatic hydroxyl groups excluding tert-OH is 1. The molecule has 0 radical (unpaired) electrons. The lowest BCUT2D eigenvalue weighted by Crippen LogP contribution is -2.52. The standard InChI is InChI=1S/C27H32F2N4O5S/c1-17-11-20(7-10-22(17)28)30-26(35)25-24(29)23(14-32(25)3)39(36,37)31-27(2)16-33(13-19(27)15-34)12-18-5-8-21(38-4)9-6-18/h5-11,14,19,31,34H,12-13,15-16H2,1-4H3,(H,30,35). The van der Waals surface area contributed by atoms with Gasteiger partial charge in [0.15, 0.2) is 5.82 Å². The van der Waals surface area contributed by atoms with Crippen LogP contribution in [-0.4, -0.2) is 61.2 Å². The number of nitrogens with one attached hydrogen (secondary N) is 2. The highest BCUT2D eigenvalue weighted by atomic mass is 32.2. The number of aliphatic hydroxyl groups is 1. The Kier molecular flexibility index (Phi) is 8.12. The normalized spacial score (nSPS) is 19.8. The topological polar surface area (TPSA) is 113 Å². The van der Waals surface area contributed by atoms with E-state index in [1.807, 2.05) is 29.2 Å². The number of carbonyl (C=O) groups excluding carboxylic acids is 1. The Morgan fingerprint density at radius 2 is 1.90 bits per heavy atom. The number of carbonyl (C=O) groups is 1. The summed E-state index contributed by atoms with van der Waals surface area (Å²) >= 11 is 0. The van der Waals surface area contributed by atoms with Gasteiger partial charge in [-0.25, -0.2) is 21.9 Å². The van der Waals surface area contributed by atoms with Gasteiger partial charge in [0.05, 0.1) is 7.11 Å². The molecule has 1 saturated heterocycles. The van der Waals surface area contributed by atoms with Crippen LogP contribution in [0.1, 0.15) is 28.5 Å². The molecule has 9 nitrogen and oxygen atoms in total. The van der Waals surface area contributed by atoms with Crippen molar-refractivity contribution in [2.24, 2.45) is 13.0 Å². The van der Waals surface area contributed by atoms with Crippen LogP contribution in [0.4, 0.5) is 14.5 Å². The number of likely N-dealkylation sites (tertiary alicyclic amines) is 1. The average molecular weight is 563 g/mol. The van der Waals surface area contributed by atoms with E-state index in [9.17, 15) is 22.7 Å². The number of ether oxygens (including phenoxy) is 1. The summed E-state index contributed by atoms with van der Waals surface area (Å²) in [5.74, 6) is -2.29. The Morgan fingerprint density at radius 1 is 1.21 bits per heavy atom. The number of benzene rings is 2. The number of nitrogens with zero attached hydrogens (tertiary/aromatic N) is 2. The van der Waals surface area contributed by atoms with Crippen molar-refractivity contribution in [1.29, 1.82) is 0 Å². The van der Waals surface area contributed by atoms with Gasteiger partial charge in [0.1, 0.15) is 22.2 Å². The van der Waals surface area contributed by atoms with E-state index in [0.29, 0.717) is 13.1 Å². The summed E-state index contributed by atoms with van der Waals surface area (Å²) in [5, 5.41) is 12.5. The van der Waals surface area contributed by atoms with E-state index in [0.717, 1.165) is 22.1 Å². The van der Waals surface area contributed by atoms with Gasteiger partial charge in [-0.05, 0) is 55.3 Å². The lowest BCUT2D eigenvalue weighted by atomic mass is 9.91. The monoisotopic (exact) mass is 562 g/mol. The van der Waals surface area contributed by atoms with Gasteiger partial charge in [-0.2, -0.15) is 0 Å². The number of methoxy groups -OCH3 is 1. The van der Waals surface area contributed by atoms with Gasteiger partial charge >= 0.3 is 0 Å². The first kappa shape index (κ1) is 28.7. The fourth-order valence-electron chi connectivity index (χ4n) is 4.95. The number of halogens is 2. The van der Waals surface area contributed by atoms with E-state index in [1.165, 1.54) is 32.2 Å². The summed E-state index contributed by atoms with van der Waals surface area (Å²) in [4.78, 5) is 14.2. The summed E-state index contributed by atoms with van der Waals surface area (Å²) in [6, 6.07) is 11.4. The van der Waals surface area contributed by atoms with Crippen LogP contribution in [0.15, 0.2) is 53.6 Å². The van der Waals surface area contributed by atoms with Crippen molar-refractivity contribution in [1.82, 2.24) is 14.2 Å². The van der Waals surface area contributed by atoms with Crippen LogP contribution in [0.2, 0.25) is 0 Å². The molecule has 2 atom stereocenters. The maximum Gasteiger partial charge on any atom is 0.275 e. The third-order valence-electron chi connectivity index (χ3n) is 7.09. The van der Waals surface area contributed by atoms with Crippen LogP contribution in [0.3, 0.4) is 0 Å². The highest BCUT2D eigenvalue weighted by molar-refractivity contribution is 7.89. The smallest absolute Gasteiger partial charge is 0.275 e. The molecule has 0 spiro atoms. The van der Waals surface area contributed by atoms with Crippen molar-refractivity contribution in [3.63, 3.8) is 0 Å². The third kappa shape index (κ3) is 5.98. The van der Waals surface area contributed by atoms with E-state index < -0.39 is 49.6 Å². The van der Waals surface area contributed by atoms with Gasteiger partial charge in [-0.3, -0.25) is 9.69 Å². The van der Waals surface area contributed by atoms with E-state index in [4.69, 9.17) is 4.74 Å². The zero-order valence-corrected chi connectivity index (χ0v) is 23.0. The molecule has 1 amide bonds. The molecule has 4 rings (SSSR count). The molecular formula is C27H32F2N4O5S. The van der Waals surface area contributed by atoms with Crippen LogP contribution < -0.4 is 14.8 Å². The molecule has 39 heavy (non-hydrogen) atoms. The van der Waals surface area contributed by atoms with E-state index in [1.54, 1.807) is 14.0 Å². The minimum atomic E-state index is -4.43. The molecule has 0 aliphatic carbocycles. The first-order chi connectivity index (χ1) is 18.4. The predicted molar refractivity (Wildman–Crippen MR) is 142 cm³/mol. The lowest BCUT2D eigenvalue weighted by molar-refractivity contribution is 0.101. The maximum atomic E-state index is 15.5. The zero-order valence-electron chi connectivity index (χ0n) is 22.2. The fraction of sp³-hybridized carbons (Fsp3) is 0.370. The second-order valence-electron chi connectivity index (χ2n) is 10.1. The minimum absolute atomic E-state index is 0.239.